The van der Waals surface area contributed by atoms with Crippen molar-refractivity contribution in [2.24, 2.45) is 0 Å². The highest BCUT2D eigenvalue weighted by molar-refractivity contribution is 6.46. The van der Waals surface area contributed by atoms with Crippen molar-refractivity contribution in [1.29, 1.82) is 0 Å². The number of halogens is 2. The summed E-state index contributed by atoms with van der Waals surface area (Å²) in [5.41, 5.74) is 4.57. The maximum absolute atomic E-state index is 13.5. The summed E-state index contributed by atoms with van der Waals surface area (Å²) in [4.78, 5) is 28.0. The molecule has 1 aliphatic rings. The van der Waals surface area contributed by atoms with Crippen molar-refractivity contribution >= 4 is 40.4 Å². The lowest BCUT2D eigenvalue weighted by atomic mass is 10.0. The van der Waals surface area contributed by atoms with Gasteiger partial charge >= 0.3 is 0 Å². The van der Waals surface area contributed by atoms with E-state index in [2.05, 4.69) is 5.32 Å². The average Bonchev–Trinajstić information content (AvgIpc) is 2.96. The summed E-state index contributed by atoms with van der Waals surface area (Å²) in [5, 5.41) is 3.61. The molecule has 0 bridgehead atoms. The molecule has 0 spiro atoms. The minimum absolute atomic E-state index is 0.122. The standard InChI is InChI=1S/C25H20ClFN2O2/c1-14-4-11-21(16(3)12-14)29-24(30)22(17-6-8-18(27)9-7-17)23(25(29)31)28-19-10-5-15(2)20(26)13-19/h4-13,28H,1-3H3. The van der Waals surface area contributed by atoms with E-state index in [1.807, 2.05) is 39.0 Å². The topological polar surface area (TPSA) is 49.4 Å². The highest BCUT2D eigenvalue weighted by Crippen LogP contribution is 2.35. The van der Waals surface area contributed by atoms with E-state index < -0.39 is 17.6 Å². The van der Waals surface area contributed by atoms with Gasteiger partial charge in [0.25, 0.3) is 11.8 Å². The number of hydrogen-bond donors (Lipinski definition) is 1. The second-order valence-corrected chi connectivity index (χ2v) is 7.99. The molecule has 1 aliphatic heterocycles. The minimum atomic E-state index is -0.479. The number of amides is 2. The maximum Gasteiger partial charge on any atom is 0.282 e. The van der Waals surface area contributed by atoms with Gasteiger partial charge in [0.2, 0.25) is 0 Å². The van der Waals surface area contributed by atoms with Crippen LogP contribution in [0.4, 0.5) is 15.8 Å². The van der Waals surface area contributed by atoms with Crippen LogP contribution in [0, 0.1) is 26.6 Å². The largest absolute Gasteiger partial charge is 0.350 e. The van der Waals surface area contributed by atoms with E-state index >= 15 is 0 Å². The Hall–Kier alpha value is -3.44. The van der Waals surface area contributed by atoms with Gasteiger partial charge in [-0.2, -0.15) is 0 Å². The zero-order valence-corrected chi connectivity index (χ0v) is 18.0. The number of hydrogen-bond acceptors (Lipinski definition) is 3. The van der Waals surface area contributed by atoms with E-state index in [0.29, 0.717) is 22.0 Å². The molecular formula is C25H20ClFN2O2. The van der Waals surface area contributed by atoms with Crippen LogP contribution in [0.3, 0.4) is 0 Å². The lowest BCUT2D eigenvalue weighted by Crippen LogP contribution is -2.33. The first kappa shape index (κ1) is 20.8. The Bertz CT molecular complexity index is 1250. The van der Waals surface area contributed by atoms with Crippen LogP contribution in [0.2, 0.25) is 5.02 Å². The number of benzene rings is 3. The number of rotatable bonds is 4. The van der Waals surface area contributed by atoms with Crippen LogP contribution in [0.1, 0.15) is 22.3 Å². The Morgan fingerprint density at radius 1 is 0.839 bits per heavy atom. The second-order valence-electron chi connectivity index (χ2n) is 7.58. The number of nitrogens with zero attached hydrogens (tertiary/aromatic N) is 1. The number of carbonyl (C=O) groups excluding carboxylic acids is 2. The van der Waals surface area contributed by atoms with Crippen LogP contribution < -0.4 is 10.2 Å². The molecular weight excluding hydrogens is 415 g/mol. The molecule has 0 atom stereocenters. The first-order valence-electron chi connectivity index (χ1n) is 9.75. The molecule has 0 fully saturated rings. The maximum atomic E-state index is 13.5. The summed E-state index contributed by atoms with van der Waals surface area (Å²) >= 11 is 6.24. The first-order chi connectivity index (χ1) is 14.8. The Kier molecular flexibility index (Phi) is 5.38. The van der Waals surface area contributed by atoms with E-state index in [9.17, 15) is 14.0 Å². The third-order valence-electron chi connectivity index (χ3n) is 5.25. The SMILES string of the molecule is Cc1ccc(N2C(=O)C(Nc3ccc(C)c(Cl)c3)=C(c3ccc(F)cc3)C2=O)c(C)c1. The molecule has 6 heteroatoms. The van der Waals surface area contributed by atoms with Gasteiger partial charge in [-0.15, -0.1) is 0 Å². The molecule has 0 radical (unpaired) electrons. The number of nitrogens with one attached hydrogen (secondary N) is 1. The van der Waals surface area contributed by atoms with Crippen molar-refractivity contribution in [3.05, 3.63) is 99.5 Å². The minimum Gasteiger partial charge on any atom is -0.350 e. The Balaban J connectivity index is 1.84. The summed E-state index contributed by atoms with van der Waals surface area (Å²) < 4.78 is 13.5. The third-order valence-corrected chi connectivity index (χ3v) is 5.66. The van der Waals surface area contributed by atoms with Crippen molar-refractivity contribution in [3.63, 3.8) is 0 Å². The fourth-order valence-electron chi connectivity index (χ4n) is 3.62. The zero-order valence-electron chi connectivity index (χ0n) is 17.3. The van der Waals surface area contributed by atoms with Crippen molar-refractivity contribution in [3.8, 4) is 0 Å². The molecule has 2 amide bonds. The van der Waals surface area contributed by atoms with Crippen molar-refractivity contribution < 1.29 is 14.0 Å². The smallest absolute Gasteiger partial charge is 0.282 e. The average molecular weight is 435 g/mol. The lowest BCUT2D eigenvalue weighted by Gasteiger charge is -2.18. The van der Waals surface area contributed by atoms with Crippen LogP contribution in [0.5, 0.6) is 0 Å². The summed E-state index contributed by atoms with van der Waals surface area (Å²) in [7, 11) is 0. The quantitative estimate of drug-likeness (QED) is 0.528. The van der Waals surface area contributed by atoms with Gasteiger partial charge in [-0.3, -0.25) is 9.59 Å². The van der Waals surface area contributed by atoms with E-state index in [0.717, 1.165) is 21.6 Å². The van der Waals surface area contributed by atoms with Crippen molar-refractivity contribution in [2.45, 2.75) is 20.8 Å². The Labute approximate surface area is 185 Å². The summed E-state index contributed by atoms with van der Waals surface area (Å²) in [6.07, 6.45) is 0. The summed E-state index contributed by atoms with van der Waals surface area (Å²) in [6.45, 7) is 5.67. The summed E-state index contributed by atoms with van der Waals surface area (Å²) in [5.74, 6) is -1.37. The Morgan fingerprint density at radius 2 is 1.55 bits per heavy atom. The van der Waals surface area contributed by atoms with Gasteiger partial charge in [-0.05, 0) is 67.8 Å². The molecule has 4 rings (SSSR count). The summed E-state index contributed by atoms with van der Waals surface area (Å²) in [6, 6.07) is 16.3. The highest BCUT2D eigenvalue weighted by Gasteiger charge is 2.40. The first-order valence-corrected chi connectivity index (χ1v) is 10.1. The predicted octanol–water partition coefficient (Wildman–Crippen LogP) is 5.80. The lowest BCUT2D eigenvalue weighted by molar-refractivity contribution is -0.120. The molecule has 0 unspecified atom stereocenters. The molecule has 0 saturated carbocycles. The molecule has 0 aliphatic carbocycles. The van der Waals surface area contributed by atoms with Crippen LogP contribution in [-0.4, -0.2) is 11.8 Å². The van der Waals surface area contributed by atoms with Crippen LogP contribution in [-0.2, 0) is 9.59 Å². The van der Waals surface area contributed by atoms with E-state index in [4.69, 9.17) is 11.6 Å². The molecule has 156 valence electrons. The monoisotopic (exact) mass is 434 g/mol. The van der Waals surface area contributed by atoms with E-state index in [1.165, 1.54) is 24.3 Å². The van der Waals surface area contributed by atoms with Gasteiger partial charge < -0.3 is 5.32 Å². The number of aryl methyl sites for hydroxylation is 3. The van der Waals surface area contributed by atoms with Crippen molar-refractivity contribution in [2.75, 3.05) is 10.2 Å². The fourth-order valence-corrected chi connectivity index (χ4v) is 3.80. The van der Waals surface area contributed by atoms with Crippen molar-refractivity contribution in [1.82, 2.24) is 0 Å². The predicted molar refractivity (Wildman–Crippen MR) is 122 cm³/mol. The van der Waals surface area contributed by atoms with E-state index in [-0.39, 0.29) is 11.3 Å². The fraction of sp³-hybridized carbons (Fsp3) is 0.120. The van der Waals surface area contributed by atoms with Gasteiger partial charge in [0.15, 0.2) is 0 Å². The second kappa shape index (κ2) is 8.00. The number of imide groups is 1. The highest BCUT2D eigenvalue weighted by atomic mass is 35.5. The third kappa shape index (κ3) is 3.84. The molecule has 31 heavy (non-hydrogen) atoms. The van der Waals surface area contributed by atoms with E-state index in [1.54, 1.807) is 18.2 Å². The molecule has 3 aromatic carbocycles. The van der Waals surface area contributed by atoms with Gasteiger partial charge in [0, 0.05) is 10.7 Å². The zero-order chi connectivity index (χ0) is 22.3. The molecule has 1 heterocycles. The molecule has 0 aromatic heterocycles. The van der Waals surface area contributed by atoms with Gasteiger partial charge in [0.1, 0.15) is 11.5 Å². The molecule has 0 saturated heterocycles. The molecule has 4 nitrogen and oxygen atoms in total. The Morgan fingerprint density at radius 3 is 2.19 bits per heavy atom. The molecule has 3 aromatic rings. The number of anilines is 2. The van der Waals surface area contributed by atoms with Gasteiger partial charge in [0.05, 0.1) is 11.3 Å². The van der Waals surface area contributed by atoms with Gasteiger partial charge in [-0.1, -0.05) is 47.5 Å². The van der Waals surface area contributed by atoms with Crippen LogP contribution >= 0.6 is 11.6 Å². The number of carbonyl (C=O) groups is 2. The molecule has 1 N–H and O–H groups in total. The van der Waals surface area contributed by atoms with Crippen LogP contribution in [0.25, 0.3) is 5.57 Å². The van der Waals surface area contributed by atoms with Gasteiger partial charge in [-0.25, -0.2) is 9.29 Å². The normalized spacial score (nSPS) is 13.9. The van der Waals surface area contributed by atoms with Crippen LogP contribution in [0.15, 0.2) is 66.4 Å².